The van der Waals surface area contributed by atoms with Gasteiger partial charge in [0.15, 0.2) is 0 Å². The van der Waals surface area contributed by atoms with Gasteiger partial charge in [0.1, 0.15) is 21.5 Å². The number of fused-ring (bicyclic) bond motifs is 1. The molecule has 0 atom stereocenters. The number of aromatic nitrogens is 3. The Balaban J connectivity index is 1.26. The lowest BCUT2D eigenvalue weighted by Crippen LogP contribution is -2.49. The molecule has 0 unspecified atom stereocenters. The van der Waals surface area contributed by atoms with Crippen molar-refractivity contribution in [2.24, 2.45) is 0 Å². The Kier molecular flexibility index (Phi) is 6.05. The van der Waals surface area contributed by atoms with E-state index in [1.165, 1.54) is 22.2 Å². The molecule has 1 saturated heterocycles. The van der Waals surface area contributed by atoms with E-state index in [1.54, 1.807) is 11.3 Å². The van der Waals surface area contributed by atoms with Gasteiger partial charge in [0.2, 0.25) is 5.91 Å². The quantitative estimate of drug-likeness (QED) is 0.322. The van der Waals surface area contributed by atoms with Gasteiger partial charge in [-0.05, 0) is 30.7 Å². The monoisotopic (exact) mass is 461 g/mol. The van der Waals surface area contributed by atoms with Crippen molar-refractivity contribution in [3.05, 3.63) is 66.6 Å². The first kappa shape index (κ1) is 20.9. The van der Waals surface area contributed by atoms with Crippen LogP contribution in [0.15, 0.2) is 65.8 Å². The summed E-state index contributed by atoms with van der Waals surface area (Å²) in [6, 6.07) is 18.4. The molecule has 6 nitrogen and oxygen atoms in total. The van der Waals surface area contributed by atoms with Gasteiger partial charge in [-0.1, -0.05) is 48.2 Å². The van der Waals surface area contributed by atoms with Crippen LogP contribution in [-0.2, 0) is 4.79 Å². The highest BCUT2D eigenvalue weighted by atomic mass is 32.2. The van der Waals surface area contributed by atoms with Gasteiger partial charge in [-0.15, -0.1) is 11.3 Å². The molecule has 4 aromatic rings. The molecule has 1 aromatic carbocycles. The molecular weight excluding hydrogens is 438 g/mol. The summed E-state index contributed by atoms with van der Waals surface area (Å²) >= 11 is 3.18. The number of thioether (sulfide) groups is 1. The number of hydrogen-bond donors (Lipinski definition) is 0. The Morgan fingerprint density at radius 3 is 2.56 bits per heavy atom. The summed E-state index contributed by atoms with van der Waals surface area (Å²) in [6.45, 7) is 4.93. The smallest absolute Gasteiger partial charge is 0.233 e. The molecule has 0 N–H and O–H groups in total. The standard InChI is InChI=1S/C24H23N5OS2/c1-17-26-23(19-15-20(32-24(19)27-17)18-7-3-2-4-8-18)31-16-22(30)29-13-11-28(12-14-29)21-9-5-6-10-25-21/h2-10,15H,11-14,16H2,1H3. The number of pyridine rings is 1. The van der Waals surface area contributed by atoms with Crippen molar-refractivity contribution in [3.63, 3.8) is 0 Å². The Hall–Kier alpha value is -2.97. The SMILES string of the molecule is Cc1nc(SCC(=O)N2CCN(c3ccccn3)CC2)c2cc(-c3ccccc3)sc2n1. The zero-order valence-electron chi connectivity index (χ0n) is 17.8. The Morgan fingerprint density at radius 1 is 1.03 bits per heavy atom. The van der Waals surface area contributed by atoms with Crippen molar-refractivity contribution in [3.8, 4) is 10.4 Å². The minimum absolute atomic E-state index is 0.151. The van der Waals surface area contributed by atoms with E-state index in [0.717, 1.165) is 40.0 Å². The molecule has 0 bridgehead atoms. The number of hydrogen-bond acceptors (Lipinski definition) is 7. The third kappa shape index (κ3) is 4.47. The second-order valence-corrected chi connectivity index (χ2v) is 9.61. The topological polar surface area (TPSA) is 62.2 Å². The number of aryl methyl sites for hydroxylation is 1. The zero-order valence-corrected chi connectivity index (χ0v) is 19.4. The number of thiophene rings is 1. The molecule has 0 radical (unpaired) electrons. The summed E-state index contributed by atoms with van der Waals surface area (Å²) in [5.74, 6) is 2.24. The fraction of sp³-hybridized carbons (Fsp3) is 0.250. The lowest BCUT2D eigenvalue weighted by Gasteiger charge is -2.35. The van der Waals surface area contributed by atoms with Crippen LogP contribution in [0.25, 0.3) is 20.7 Å². The lowest BCUT2D eigenvalue weighted by molar-refractivity contribution is -0.128. The molecule has 4 heterocycles. The van der Waals surface area contributed by atoms with Crippen LogP contribution in [0.3, 0.4) is 0 Å². The van der Waals surface area contributed by atoms with E-state index in [9.17, 15) is 4.79 Å². The summed E-state index contributed by atoms with van der Waals surface area (Å²) in [5.41, 5.74) is 1.17. The number of amides is 1. The number of nitrogens with zero attached hydrogens (tertiary/aromatic N) is 5. The average Bonchev–Trinajstić information content (AvgIpc) is 3.28. The summed E-state index contributed by atoms with van der Waals surface area (Å²) in [7, 11) is 0. The van der Waals surface area contributed by atoms with Crippen LogP contribution in [0.2, 0.25) is 0 Å². The molecule has 0 saturated carbocycles. The predicted octanol–water partition coefficient (Wildman–Crippen LogP) is 4.50. The molecule has 1 fully saturated rings. The fourth-order valence-electron chi connectivity index (χ4n) is 3.80. The maximum Gasteiger partial charge on any atom is 0.233 e. The second kappa shape index (κ2) is 9.26. The maximum absolute atomic E-state index is 12.9. The lowest BCUT2D eigenvalue weighted by atomic mass is 10.2. The number of piperazine rings is 1. The highest BCUT2D eigenvalue weighted by Crippen LogP contribution is 2.36. The number of anilines is 1. The van der Waals surface area contributed by atoms with Crippen LogP contribution >= 0.6 is 23.1 Å². The van der Waals surface area contributed by atoms with Crippen molar-refractivity contribution in [1.82, 2.24) is 19.9 Å². The molecule has 0 aliphatic carbocycles. The summed E-state index contributed by atoms with van der Waals surface area (Å²) < 4.78 is 0. The van der Waals surface area contributed by atoms with Crippen LogP contribution in [0, 0.1) is 6.92 Å². The van der Waals surface area contributed by atoms with Crippen LogP contribution < -0.4 is 4.90 Å². The largest absolute Gasteiger partial charge is 0.353 e. The number of rotatable bonds is 5. The molecule has 1 aliphatic heterocycles. The van der Waals surface area contributed by atoms with Crippen molar-refractivity contribution in [1.29, 1.82) is 0 Å². The van der Waals surface area contributed by atoms with Crippen LogP contribution in [-0.4, -0.2) is 57.7 Å². The van der Waals surface area contributed by atoms with E-state index in [-0.39, 0.29) is 5.91 Å². The maximum atomic E-state index is 12.9. The molecule has 32 heavy (non-hydrogen) atoms. The second-order valence-electron chi connectivity index (χ2n) is 7.62. The predicted molar refractivity (Wildman–Crippen MR) is 131 cm³/mol. The van der Waals surface area contributed by atoms with Crippen LogP contribution in [0.5, 0.6) is 0 Å². The third-order valence-electron chi connectivity index (χ3n) is 5.47. The van der Waals surface area contributed by atoms with Gasteiger partial charge in [0.05, 0.1) is 5.75 Å². The van der Waals surface area contributed by atoms with E-state index in [0.29, 0.717) is 18.8 Å². The molecule has 162 valence electrons. The van der Waals surface area contributed by atoms with Gasteiger partial charge in [0.25, 0.3) is 0 Å². The molecule has 3 aromatic heterocycles. The van der Waals surface area contributed by atoms with Crippen LogP contribution in [0.4, 0.5) is 5.82 Å². The van der Waals surface area contributed by atoms with Gasteiger partial charge < -0.3 is 9.80 Å². The summed E-state index contributed by atoms with van der Waals surface area (Å²) in [5, 5.41) is 1.91. The molecule has 1 amide bonds. The van der Waals surface area contributed by atoms with Gasteiger partial charge in [0, 0.05) is 42.6 Å². The van der Waals surface area contributed by atoms with Gasteiger partial charge in [-0.2, -0.15) is 0 Å². The third-order valence-corrected chi connectivity index (χ3v) is 7.52. The van der Waals surface area contributed by atoms with Crippen molar-refractivity contribution in [2.45, 2.75) is 11.9 Å². The van der Waals surface area contributed by atoms with E-state index in [4.69, 9.17) is 0 Å². The molecule has 5 rings (SSSR count). The van der Waals surface area contributed by atoms with E-state index >= 15 is 0 Å². The molecule has 8 heteroatoms. The van der Waals surface area contributed by atoms with E-state index < -0.39 is 0 Å². The summed E-state index contributed by atoms with van der Waals surface area (Å²) in [4.78, 5) is 32.9. The van der Waals surface area contributed by atoms with Crippen molar-refractivity contribution >= 4 is 45.0 Å². The van der Waals surface area contributed by atoms with Crippen molar-refractivity contribution in [2.75, 3.05) is 36.8 Å². The Bertz CT molecular complexity index is 1220. The zero-order chi connectivity index (χ0) is 21.9. The summed E-state index contributed by atoms with van der Waals surface area (Å²) in [6.07, 6.45) is 1.81. The Morgan fingerprint density at radius 2 is 1.81 bits per heavy atom. The first-order valence-electron chi connectivity index (χ1n) is 10.6. The van der Waals surface area contributed by atoms with E-state index in [2.05, 4.69) is 38.1 Å². The number of carbonyl (C=O) groups excluding carboxylic acids is 1. The number of benzene rings is 1. The normalized spacial score (nSPS) is 14.2. The first-order valence-corrected chi connectivity index (χ1v) is 12.4. The minimum Gasteiger partial charge on any atom is -0.353 e. The Labute approximate surface area is 195 Å². The van der Waals surface area contributed by atoms with Crippen LogP contribution in [0.1, 0.15) is 5.82 Å². The van der Waals surface area contributed by atoms with Gasteiger partial charge in [-0.25, -0.2) is 15.0 Å². The average molecular weight is 462 g/mol. The van der Waals surface area contributed by atoms with Gasteiger partial charge in [-0.3, -0.25) is 4.79 Å². The molecule has 1 aliphatic rings. The van der Waals surface area contributed by atoms with Crippen molar-refractivity contribution < 1.29 is 4.79 Å². The minimum atomic E-state index is 0.151. The fourth-order valence-corrected chi connectivity index (χ4v) is 5.90. The molecule has 0 spiro atoms. The first-order chi connectivity index (χ1) is 15.7. The highest BCUT2D eigenvalue weighted by molar-refractivity contribution is 8.00. The van der Waals surface area contributed by atoms with E-state index in [1.807, 2.05) is 54.4 Å². The number of carbonyl (C=O) groups is 1. The molecular formula is C24H23N5OS2. The van der Waals surface area contributed by atoms with Gasteiger partial charge >= 0.3 is 0 Å². The highest BCUT2D eigenvalue weighted by Gasteiger charge is 2.22.